The van der Waals surface area contributed by atoms with Crippen molar-refractivity contribution < 1.29 is 4.79 Å². The number of halogens is 2. The summed E-state index contributed by atoms with van der Waals surface area (Å²) in [6.07, 6.45) is 2.17. The van der Waals surface area contributed by atoms with Crippen molar-refractivity contribution >= 4 is 29.9 Å². The lowest BCUT2D eigenvalue weighted by atomic mass is 10.2. The van der Waals surface area contributed by atoms with Crippen LogP contribution in [0.15, 0.2) is 24.3 Å². The summed E-state index contributed by atoms with van der Waals surface area (Å²) >= 11 is 6.32. The Balaban J connectivity index is 0.00000182. The van der Waals surface area contributed by atoms with Crippen molar-refractivity contribution in [1.29, 1.82) is 0 Å². The second-order valence-electron chi connectivity index (χ2n) is 6.48. The monoisotopic (exact) mass is 381 g/mol. The van der Waals surface area contributed by atoms with E-state index in [9.17, 15) is 4.79 Å². The first kappa shape index (κ1) is 18.2. The molecule has 2 fully saturated rings. The predicted octanol–water partition coefficient (Wildman–Crippen LogP) is 2.65. The molecule has 0 radical (unpaired) electrons. The smallest absolute Gasteiger partial charge is 0.293 e. The third kappa shape index (κ3) is 3.52. The van der Waals surface area contributed by atoms with Crippen molar-refractivity contribution in [3.8, 4) is 5.69 Å². The van der Waals surface area contributed by atoms with Crippen LogP contribution >= 0.6 is 24.0 Å². The number of hydrogen-bond acceptors (Lipinski definition) is 4. The molecule has 25 heavy (non-hydrogen) atoms. The van der Waals surface area contributed by atoms with Crippen LogP contribution in [0.5, 0.6) is 0 Å². The maximum absolute atomic E-state index is 12.9. The fourth-order valence-corrected chi connectivity index (χ4v) is 3.31. The largest absolute Gasteiger partial charge is 0.331 e. The number of amides is 1. The summed E-state index contributed by atoms with van der Waals surface area (Å²) in [6, 6.07) is 7.68. The predicted molar refractivity (Wildman–Crippen MR) is 99.0 cm³/mol. The van der Waals surface area contributed by atoms with Crippen LogP contribution in [0.1, 0.15) is 42.1 Å². The zero-order valence-corrected chi connectivity index (χ0v) is 15.6. The minimum atomic E-state index is -0.100. The van der Waals surface area contributed by atoms with Crippen molar-refractivity contribution in [2.24, 2.45) is 0 Å². The molecular formula is C17H21Cl2N5O. The number of hydrogen-bond donors (Lipinski definition) is 1. The van der Waals surface area contributed by atoms with Crippen LogP contribution in [0.3, 0.4) is 0 Å². The quantitative estimate of drug-likeness (QED) is 0.887. The molecule has 134 valence electrons. The number of aromatic nitrogens is 3. The third-order valence-corrected chi connectivity index (χ3v) is 4.93. The van der Waals surface area contributed by atoms with Gasteiger partial charge in [0.25, 0.3) is 5.91 Å². The number of nitrogens with zero attached hydrogens (tertiary/aromatic N) is 4. The minimum Gasteiger partial charge on any atom is -0.331 e. The van der Waals surface area contributed by atoms with Crippen molar-refractivity contribution in [2.75, 3.05) is 19.6 Å². The third-order valence-electron chi connectivity index (χ3n) is 4.61. The standard InChI is InChI=1S/C17H20ClN5O.ClH/c1-11-10-19-8-9-22(11)17(24)15-20-16(12-6-7-12)23(21-15)14-5-3-2-4-13(14)18;/h2-5,11-12,19H,6-10H2,1H3;1H. The molecule has 2 aliphatic rings. The first-order valence-electron chi connectivity index (χ1n) is 8.38. The van der Waals surface area contributed by atoms with Gasteiger partial charge in [-0.2, -0.15) is 0 Å². The molecule has 1 aliphatic carbocycles. The molecule has 1 amide bonds. The van der Waals surface area contributed by atoms with E-state index in [1.54, 1.807) is 4.68 Å². The summed E-state index contributed by atoms with van der Waals surface area (Å²) in [4.78, 5) is 19.3. The molecule has 2 heterocycles. The van der Waals surface area contributed by atoms with Crippen LogP contribution in [-0.2, 0) is 0 Å². The zero-order valence-electron chi connectivity index (χ0n) is 14.0. The number of carbonyl (C=O) groups is 1. The SMILES string of the molecule is CC1CNCCN1C(=O)c1nc(C2CC2)n(-c2ccccc2Cl)n1.Cl. The van der Waals surface area contributed by atoms with Crippen molar-refractivity contribution in [3.05, 3.63) is 40.9 Å². The lowest BCUT2D eigenvalue weighted by molar-refractivity contribution is 0.0643. The summed E-state index contributed by atoms with van der Waals surface area (Å²) < 4.78 is 1.75. The zero-order chi connectivity index (χ0) is 16.7. The fourth-order valence-electron chi connectivity index (χ4n) is 3.09. The normalized spacial score (nSPS) is 20.2. The summed E-state index contributed by atoms with van der Waals surface area (Å²) in [5.41, 5.74) is 0.779. The molecule has 1 saturated carbocycles. The van der Waals surface area contributed by atoms with E-state index >= 15 is 0 Å². The second kappa shape index (κ2) is 7.32. The molecule has 1 aromatic carbocycles. The Morgan fingerprint density at radius 2 is 2.08 bits per heavy atom. The van der Waals surface area contributed by atoms with E-state index < -0.39 is 0 Å². The lowest BCUT2D eigenvalue weighted by Gasteiger charge is -2.33. The highest BCUT2D eigenvalue weighted by molar-refractivity contribution is 6.32. The Labute approximate surface area is 158 Å². The molecule has 1 aromatic heterocycles. The first-order valence-corrected chi connectivity index (χ1v) is 8.76. The van der Waals surface area contributed by atoms with Gasteiger partial charge in [0.1, 0.15) is 5.82 Å². The number of rotatable bonds is 3. The maximum Gasteiger partial charge on any atom is 0.293 e. The fraction of sp³-hybridized carbons (Fsp3) is 0.471. The Morgan fingerprint density at radius 3 is 2.76 bits per heavy atom. The van der Waals surface area contributed by atoms with Crippen molar-refractivity contribution in [2.45, 2.75) is 31.7 Å². The molecule has 1 unspecified atom stereocenters. The summed E-state index contributed by atoms with van der Waals surface area (Å²) in [6.45, 7) is 4.32. The average molecular weight is 382 g/mol. The number of benzene rings is 1. The highest BCUT2D eigenvalue weighted by atomic mass is 35.5. The van der Waals surface area contributed by atoms with E-state index in [1.807, 2.05) is 36.1 Å². The first-order chi connectivity index (χ1) is 11.6. The van der Waals surface area contributed by atoms with Gasteiger partial charge < -0.3 is 10.2 Å². The maximum atomic E-state index is 12.9. The van der Waals surface area contributed by atoms with Crippen LogP contribution in [-0.4, -0.2) is 51.2 Å². The van der Waals surface area contributed by atoms with E-state index in [2.05, 4.69) is 15.4 Å². The van der Waals surface area contributed by atoms with Gasteiger partial charge in [0.15, 0.2) is 0 Å². The molecule has 0 bridgehead atoms. The van der Waals surface area contributed by atoms with Gasteiger partial charge >= 0.3 is 0 Å². The van der Waals surface area contributed by atoms with E-state index in [0.29, 0.717) is 17.5 Å². The van der Waals surface area contributed by atoms with Gasteiger partial charge in [0, 0.05) is 31.6 Å². The number of para-hydroxylation sites is 1. The number of piperazine rings is 1. The van der Waals surface area contributed by atoms with Gasteiger partial charge in [-0.3, -0.25) is 4.79 Å². The average Bonchev–Trinajstić information content (AvgIpc) is 3.34. The molecule has 1 atom stereocenters. The molecule has 0 spiro atoms. The highest BCUT2D eigenvalue weighted by Crippen LogP contribution is 2.40. The van der Waals surface area contributed by atoms with Crippen LogP contribution in [0.25, 0.3) is 5.69 Å². The Kier molecular flexibility index (Phi) is 5.32. The highest BCUT2D eigenvalue weighted by Gasteiger charge is 2.34. The molecule has 1 N–H and O–H groups in total. The Bertz CT molecular complexity index is 774. The van der Waals surface area contributed by atoms with Gasteiger partial charge in [0.2, 0.25) is 5.82 Å². The lowest BCUT2D eigenvalue weighted by Crippen LogP contribution is -2.52. The second-order valence-corrected chi connectivity index (χ2v) is 6.89. The molecule has 2 aromatic rings. The summed E-state index contributed by atoms with van der Waals surface area (Å²) in [5, 5.41) is 8.42. The molecule has 1 saturated heterocycles. The van der Waals surface area contributed by atoms with Gasteiger partial charge in [-0.05, 0) is 31.9 Å². The minimum absolute atomic E-state index is 0. The van der Waals surface area contributed by atoms with E-state index in [4.69, 9.17) is 11.6 Å². The summed E-state index contributed by atoms with van der Waals surface area (Å²) in [7, 11) is 0. The van der Waals surface area contributed by atoms with Crippen LogP contribution in [0.4, 0.5) is 0 Å². The summed E-state index contributed by atoms with van der Waals surface area (Å²) in [5.74, 6) is 1.38. The van der Waals surface area contributed by atoms with Gasteiger partial charge in [-0.25, -0.2) is 9.67 Å². The van der Waals surface area contributed by atoms with Crippen LogP contribution < -0.4 is 5.32 Å². The molecule has 8 heteroatoms. The molecular weight excluding hydrogens is 361 g/mol. The molecule has 4 rings (SSSR count). The number of carbonyl (C=O) groups excluding carboxylic acids is 1. The van der Waals surface area contributed by atoms with Crippen LogP contribution in [0.2, 0.25) is 5.02 Å². The van der Waals surface area contributed by atoms with Crippen molar-refractivity contribution in [3.63, 3.8) is 0 Å². The Hall–Kier alpha value is -1.63. The van der Waals surface area contributed by atoms with Crippen molar-refractivity contribution in [1.82, 2.24) is 25.0 Å². The van der Waals surface area contributed by atoms with E-state index in [-0.39, 0.29) is 30.2 Å². The van der Waals surface area contributed by atoms with Crippen LogP contribution in [0, 0.1) is 0 Å². The number of nitrogens with one attached hydrogen (secondary N) is 1. The Morgan fingerprint density at radius 1 is 1.32 bits per heavy atom. The van der Waals surface area contributed by atoms with Gasteiger partial charge in [-0.1, -0.05) is 23.7 Å². The van der Waals surface area contributed by atoms with E-state index in [1.165, 1.54) is 0 Å². The van der Waals surface area contributed by atoms with Gasteiger partial charge in [0.05, 0.1) is 10.7 Å². The van der Waals surface area contributed by atoms with E-state index in [0.717, 1.165) is 37.4 Å². The van der Waals surface area contributed by atoms with Gasteiger partial charge in [-0.15, -0.1) is 17.5 Å². The molecule has 1 aliphatic heterocycles. The topological polar surface area (TPSA) is 63.1 Å². The molecule has 6 nitrogen and oxygen atoms in total.